The second-order valence-corrected chi connectivity index (χ2v) is 4.60. The first-order valence-electron chi connectivity index (χ1n) is 5.07. The molecule has 0 spiro atoms. The van der Waals surface area contributed by atoms with E-state index in [0.717, 1.165) is 11.1 Å². The third-order valence-corrected chi connectivity index (χ3v) is 3.19. The van der Waals surface area contributed by atoms with E-state index >= 15 is 0 Å². The average Bonchev–Trinajstić information content (AvgIpc) is 2.74. The SMILES string of the molecule is Cc1ccc(N)c(C(=O)Cc2ccsc2)c1. The lowest BCUT2D eigenvalue weighted by molar-refractivity contribution is 0.0994. The largest absolute Gasteiger partial charge is 0.398 e. The van der Waals surface area contributed by atoms with Gasteiger partial charge >= 0.3 is 0 Å². The van der Waals surface area contributed by atoms with Crippen LogP contribution in [0.4, 0.5) is 5.69 Å². The van der Waals surface area contributed by atoms with Gasteiger partial charge in [-0.1, -0.05) is 11.6 Å². The molecule has 16 heavy (non-hydrogen) atoms. The number of hydrogen-bond donors (Lipinski definition) is 1. The highest BCUT2D eigenvalue weighted by Crippen LogP contribution is 2.17. The van der Waals surface area contributed by atoms with Crippen LogP contribution in [0.3, 0.4) is 0 Å². The Hall–Kier alpha value is -1.61. The topological polar surface area (TPSA) is 43.1 Å². The number of rotatable bonds is 3. The molecule has 0 fully saturated rings. The van der Waals surface area contributed by atoms with E-state index in [1.807, 2.05) is 35.9 Å². The molecule has 2 N–H and O–H groups in total. The molecule has 1 aromatic heterocycles. The van der Waals surface area contributed by atoms with Crippen molar-refractivity contribution in [2.45, 2.75) is 13.3 Å². The van der Waals surface area contributed by atoms with E-state index in [9.17, 15) is 4.79 Å². The van der Waals surface area contributed by atoms with Crippen molar-refractivity contribution in [2.75, 3.05) is 5.73 Å². The maximum atomic E-state index is 12.0. The number of aryl methyl sites for hydroxylation is 1. The summed E-state index contributed by atoms with van der Waals surface area (Å²) in [4.78, 5) is 12.0. The standard InChI is InChI=1S/C13H13NOS/c1-9-2-3-12(14)11(6-9)13(15)7-10-4-5-16-8-10/h2-6,8H,7,14H2,1H3. The zero-order valence-electron chi connectivity index (χ0n) is 9.07. The van der Waals surface area contributed by atoms with Gasteiger partial charge < -0.3 is 5.73 Å². The van der Waals surface area contributed by atoms with Gasteiger partial charge in [0.2, 0.25) is 0 Å². The summed E-state index contributed by atoms with van der Waals surface area (Å²) < 4.78 is 0. The second-order valence-electron chi connectivity index (χ2n) is 3.82. The molecule has 0 saturated carbocycles. The molecule has 3 heteroatoms. The maximum absolute atomic E-state index is 12.0. The van der Waals surface area contributed by atoms with E-state index < -0.39 is 0 Å². The predicted molar refractivity (Wildman–Crippen MR) is 67.9 cm³/mol. The van der Waals surface area contributed by atoms with E-state index in [4.69, 9.17) is 5.73 Å². The Labute approximate surface area is 98.7 Å². The van der Waals surface area contributed by atoms with Crippen molar-refractivity contribution in [3.63, 3.8) is 0 Å². The molecule has 82 valence electrons. The fourth-order valence-electron chi connectivity index (χ4n) is 1.59. The summed E-state index contributed by atoms with van der Waals surface area (Å²) in [6.45, 7) is 1.96. The number of carbonyl (C=O) groups is 1. The van der Waals surface area contributed by atoms with Crippen molar-refractivity contribution in [3.05, 3.63) is 51.7 Å². The minimum absolute atomic E-state index is 0.0830. The van der Waals surface area contributed by atoms with Gasteiger partial charge in [0.15, 0.2) is 5.78 Å². The fraction of sp³-hybridized carbons (Fsp3) is 0.154. The molecule has 0 atom stereocenters. The molecule has 2 rings (SSSR count). The number of nitrogens with two attached hydrogens (primary N) is 1. The molecular formula is C13H13NOS. The van der Waals surface area contributed by atoms with Crippen LogP contribution in [-0.4, -0.2) is 5.78 Å². The minimum Gasteiger partial charge on any atom is -0.398 e. The lowest BCUT2D eigenvalue weighted by Crippen LogP contribution is -2.06. The van der Waals surface area contributed by atoms with Crippen molar-refractivity contribution < 1.29 is 4.79 Å². The van der Waals surface area contributed by atoms with Crippen LogP contribution in [-0.2, 0) is 6.42 Å². The Balaban J connectivity index is 2.24. The van der Waals surface area contributed by atoms with Crippen LogP contribution in [0.25, 0.3) is 0 Å². The summed E-state index contributed by atoms with van der Waals surface area (Å²) >= 11 is 1.60. The van der Waals surface area contributed by atoms with Crippen molar-refractivity contribution in [1.29, 1.82) is 0 Å². The predicted octanol–water partition coefficient (Wildman–Crippen LogP) is 3.06. The molecule has 0 aliphatic heterocycles. The van der Waals surface area contributed by atoms with Crippen LogP contribution in [0.5, 0.6) is 0 Å². The van der Waals surface area contributed by atoms with Crippen LogP contribution >= 0.6 is 11.3 Å². The summed E-state index contributed by atoms with van der Waals surface area (Å²) in [5.41, 5.74) is 9.10. The molecular weight excluding hydrogens is 218 g/mol. The summed E-state index contributed by atoms with van der Waals surface area (Å²) in [5.74, 6) is 0.0830. The van der Waals surface area contributed by atoms with Crippen molar-refractivity contribution in [2.24, 2.45) is 0 Å². The Kier molecular flexibility index (Phi) is 3.06. The average molecular weight is 231 g/mol. The molecule has 0 bridgehead atoms. The number of anilines is 1. The van der Waals surface area contributed by atoms with Crippen LogP contribution in [0, 0.1) is 6.92 Å². The normalized spacial score (nSPS) is 10.3. The van der Waals surface area contributed by atoms with Gasteiger partial charge in [0.25, 0.3) is 0 Å². The first-order chi connectivity index (χ1) is 7.66. The molecule has 0 amide bonds. The van der Waals surface area contributed by atoms with Crippen LogP contribution in [0.2, 0.25) is 0 Å². The van der Waals surface area contributed by atoms with Crippen LogP contribution in [0.1, 0.15) is 21.5 Å². The van der Waals surface area contributed by atoms with Crippen molar-refractivity contribution in [3.8, 4) is 0 Å². The van der Waals surface area contributed by atoms with Crippen molar-refractivity contribution >= 4 is 22.8 Å². The minimum atomic E-state index is 0.0830. The zero-order chi connectivity index (χ0) is 11.5. The molecule has 1 aromatic carbocycles. The Morgan fingerprint density at radius 3 is 2.88 bits per heavy atom. The van der Waals surface area contributed by atoms with E-state index in [0.29, 0.717) is 17.7 Å². The van der Waals surface area contributed by atoms with E-state index in [2.05, 4.69) is 0 Å². The second kappa shape index (κ2) is 4.49. The Morgan fingerprint density at radius 2 is 2.19 bits per heavy atom. The number of Topliss-reactive ketones (excluding diaryl/α,β-unsaturated/α-hetero) is 1. The van der Waals surface area contributed by atoms with Crippen LogP contribution in [0.15, 0.2) is 35.0 Å². The maximum Gasteiger partial charge on any atom is 0.169 e. The summed E-state index contributed by atoms with van der Waals surface area (Å²) in [6.07, 6.45) is 0.428. The molecule has 0 saturated heterocycles. The summed E-state index contributed by atoms with van der Waals surface area (Å²) in [7, 11) is 0. The van der Waals surface area contributed by atoms with Gasteiger partial charge in [-0.25, -0.2) is 0 Å². The van der Waals surface area contributed by atoms with Gasteiger partial charge in [-0.2, -0.15) is 11.3 Å². The van der Waals surface area contributed by atoms with Gasteiger partial charge in [-0.3, -0.25) is 4.79 Å². The smallest absolute Gasteiger partial charge is 0.169 e. The molecule has 2 aromatic rings. The lowest BCUT2D eigenvalue weighted by Gasteiger charge is -2.05. The molecule has 0 radical (unpaired) electrons. The van der Waals surface area contributed by atoms with Crippen LogP contribution < -0.4 is 5.73 Å². The van der Waals surface area contributed by atoms with Gasteiger partial charge in [0.1, 0.15) is 0 Å². The lowest BCUT2D eigenvalue weighted by atomic mass is 10.0. The van der Waals surface area contributed by atoms with Gasteiger partial charge in [-0.05, 0) is 41.4 Å². The molecule has 0 unspecified atom stereocenters. The number of nitrogen functional groups attached to an aromatic ring is 1. The Morgan fingerprint density at radius 1 is 1.38 bits per heavy atom. The van der Waals surface area contributed by atoms with E-state index in [1.165, 1.54) is 0 Å². The third-order valence-electron chi connectivity index (χ3n) is 2.45. The highest BCUT2D eigenvalue weighted by Gasteiger charge is 2.10. The number of benzene rings is 1. The number of ketones is 1. The highest BCUT2D eigenvalue weighted by molar-refractivity contribution is 7.08. The number of thiophene rings is 1. The first kappa shape index (κ1) is 10.9. The molecule has 1 heterocycles. The van der Waals surface area contributed by atoms with Crippen molar-refractivity contribution in [1.82, 2.24) is 0 Å². The fourth-order valence-corrected chi connectivity index (χ4v) is 2.25. The molecule has 0 aliphatic carbocycles. The molecule has 2 nitrogen and oxygen atoms in total. The summed E-state index contributed by atoms with van der Waals surface area (Å²) in [6, 6.07) is 7.52. The first-order valence-corrected chi connectivity index (χ1v) is 6.01. The number of hydrogen-bond acceptors (Lipinski definition) is 3. The quantitative estimate of drug-likeness (QED) is 0.651. The van der Waals surface area contributed by atoms with E-state index in [-0.39, 0.29) is 5.78 Å². The van der Waals surface area contributed by atoms with Gasteiger partial charge in [-0.15, -0.1) is 0 Å². The highest BCUT2D eigenvalue weighted by atomic mass is 32.1. The van der Waals surface area contributed by atoms with Gasteiger partial charge in [0, 0.05) is 17.7 Å². The third kappa shape index (κ3) is 2.31. The summed E-state index contributed by atoms with van der Waals surface area (Å²) in [5, 5.41) is 3.96. The number of carbonyl (C=O) groups excluding carboxylic acids is 1. The monoisotopic (exact) mass is 231 g/mol. The Bertz CT molecular complexity index is 503. The zero-order valence-corrected chi connectivity index (χ0v) is 9.88. The van der Waals surface area contributed by atoms with Gasteiger partial charge in [0.05, 0.1) is 0 Å². The molecule has 0 aliphatic rings. The van der Waals surface area contributed by atoms with E-state index in [1.54, 1.807) is 17.4 Å².